The van der Waals surface area contributed by atoms with Crippen molar-refractivity contribution in [2.24, 2.45) is 5.41 Å². The van der Waals surface area contributed by atoms with E-state index in [-0.39, 0.29) is 16.7 Å². The molecule has 0 spiro atoms. The Kier molecular flexibility index (Phi) is 6.04. The fraction of sp³-hybridized carbons (Fsp3) is 0.611. The zero-order chi connectivity index (χ0) is 17.9. The Morgan fingerprint density at radius 2 is 1.83 bits per heavy atom. The Hall–Kier alpha value is -1.40. The Bertz CT molecular complexity index is 567. The second-order valence-corrected chi connectivity index (χ2v) is 8.23. The molecule has 1 saturated heterocycles. The van der Waals surface area contributed by atoms with Crippen LogP contribution in [0.1, 0.15) is 24.8 Å². The molecule has 0 aliphatic carbocycles. The van der Waals surface area contributed by atoms with Crippen LogP contribution in [0, 0.1) is 5.41 Å². The number of benzene rings is 1. The molecule has 5 nitrogen and oxygen atoms in total. The van der Waals surface area contributed by atoms with Crippen LogP contribution in [-0.4, -0.2) is 62.9 Å². The van der Waals surface area contributed by atoms with Crippen molar-refractivity contribution in [1.82, 2.24) is 9.80 Å². The molecule has 0 aromatic heterocycles. The minimum absolute atomic E-state index is 0.00242. The molecule has 2 rings (SSSR count). The summed E-state index contributed by atoms with van der Waals surface area (Å²) >= 11 is 1.63. The molecule has 0 N–H and O–H groups in total. The first-order valence-electron chi connectivity index (χ1n) is 8.06. The van der Waals surface area contributed by atoms with Crippen LogP contribution in [-0.2, 0) is 4.79 Å². The highest BCUT2D eigenvalue weighted by Gasteiger charge is 2.39. The maximum atomic E-state index is 12.5. The van der Waals surface area contributed by atoms with Gasteiger partial charge in [0.25, 0.3) is 0 Å². The summed E-state index contributed by atoms with van der Waals surface area (Å²) in [5.41, 5.74) is 0.941. The predicted molar refractivity (Wildman–Crippen MR) is 98.8 cm³/mol. The molecule has 24 heavy (non-hydrogen) atoms. The fourth-order valence-corrected chi connectivity index (χ4v) is 4.59. The van der Waals surface area contributed by atoms with E-state index in [1.54, 1.807) is 26.0 Å². The molecule has 1 unspecified atom stereocenters. The molecule has 1 aliphatic rings. The number of hydrogen-bond acceptors (Lipinski definition) is 5. The van der Waals surface area contributed by atoms with E-state index in [0.717, 1.165) is 23.6 Å². The van der Waals surface area contributed by atoms with Gasteiger partial charge in [-0.25, -0.2) is 0 Å². The molecule has 0 radical (unpaired) electrons. The van der Waals surface area contributed by atoms with Gasteiger partial charge in [-0.15, -0.1) is 11.8 Å². The maximum absolute atomic E-state index is 12.5. The minimum atomic E-state index is -0.0787. The molecular formula is C18H28N2O3S. The van der Waals surface area contributed by atoms with Crippen molar-refractivity contribution in [2.75, 3.05) is 47.2 Å². The highest BCUT2D eigenvalue weighted by Crippen LogP contribution is 2.47. The van der Waals surface area contributed by atoms with E-state index in [4.69, 9.17) is 9.47 Å². The fourth-order valence-electron chi connectivity index (χ4n) is 3.35. The van der Waals surface area contributed by atoms with Crippen LogP contribution >= 0.6 is 11.8 Å². The smallest absolute Gasteiger partial charge is 0.233 e. The van der Waals surface area contributed by atoms with Gasteiger partial charge in [-0.2, -0.15) is 0 Å². The van der Waals surface area contributed by atoms with Crippen molar-refractivity contribution in [3.63, 3.8) is 0 Å². The first kappa shape index (κ1) is 18.9. The van der Waals surface area contributed by atoms with Crippen molar-refractivity contribution >= 4 is 17.7 Å². The molecule has 1 amide bonds. The van der Waals surface area contributed by atoms with Gasteiger partial charge in [-0.3, -0.25) is 4.79 Å². The Labute approximate surface area is 149 Å². The lowest BCUT2D eigenvalue weighted by Crippen LogP contribution is -2.42. The molecule has 0 saturated carbocycles. The molecule has 1 atom stereocenters. The van der Waals surface area contributed by atoms with Gasteiger partial charge in [-0.1, -0.05) is 19.9 Å². The standard InChI is InChI=1S/C18H28N2O3S/c1-18(2,11-19(3)4)12-20-15(21)10-24-17(20)16-13(22-5)8-7-9-14(16)23-6/h7-9,17H,10-12H2,1-6H3. The normalized spacial score (nSPS) is 18.4. The lowest BCUT2D eigenvalue weighted by atomic mass is 9.92. The zero-order valence-electron chi connectivity index (χ0n) is 15.5. The van der Waals surface area contributed by atoms with Crippen LogP contribution in [0.2, 0.25) is 0 Å². The van der Waals surface area contributed by atoms with Gasteiger partial charge in [0.1, 0.15) is 16.9 Å². The highest BCUT2D eigenvalue weighted by molar-refractivity contribution is 8.00. The Morgan fingerprint density at radius 3 is 2.33 bits per heavy atom. The lowest BCUT2D eigenvalue weighted by molar-refractivity contribution is -0.129. The number of carbonyl (C=O) groups is 1. The number of carbonyl (C=O) groups excluding carboxylic acids is 1. The van der Waals surface area contributed by atoms with Crippen LogP contribution in [0.25, 0.3) is 0 Å². The summed E-state index contributed by atoms with van der Waals surface area (Å²) in [6.07, 6.45) is 0. The minimum Gasteiger partial charge on any atom is -0.496 e. The number of nitrogens with zero attached hydrogens (tertiary/aromatic N) is 2. The van der Waals surface area contributed by atoms with Crippen molar-refractivity contribution < 1.29 is 14.3 Å². The highest BCUT2D eigenvalue weighted by atomic mass is 32.2. The summed E-state index contributed by atoms with van der Waals surface area (Å²) in [4.78, 5) is 16.7. The van der Waals surface area contributed by atoms with Crippen molar-refractivity contribution in [3.8, 4) is 11.5 Å². The van der Waals surface area contributed by atoms with E-state index in [1.165, 1.54) is 0 Å². The zero-order valence-corrected chi connectivity index (χ0v) is 16.3. The maximum Gasteiger partial charge on any atom is 0.233 e. The van der Waals surface area contributed by atoms with Crippen LogP contribution < -0.4 is 9.47 Å². The van der Waals surface area contributed by atoms with E-state index in [1.807, 2.05) is 23.1 Å². The number of methoxy groups -OCH3 is 2. The molecule has 1 aromatic carbocycles. The number of thioether (sulfide) groups is 1. The molecule has 6 heteroatoms. The summed E-state index contributed by atoms with van der Waals surface area (Å²) in [6, 6.07) is 5.75. The summed E-state index contributed by atoms with van der Waals surface area (Å²) in [7, 11) is 7.42. The molecular weight excluding hydrogens is 324 g/mol. The van der Waals surface area contributed by atoms with Crippen LogP contribution in [0.4, 0.5) is 0 Å². The number of amides is 1. The Morgan fingerprint density at radius 1 is 1.25 bits per heavy atom. The van der Waals surface area contributed by atoms with Crippen LogP contribution in [0.5, 0.6) is 11.5 Å². The molecule has 1 heterocycles. The van der Waals surface area contributed by atoms with Gasteiger partial charge >= 0.3 is 0 Å². The van der Waals surface area contributed by atoms with Crippen molar-refractivity contribution in [1.29, 1.82) is 0 Å². The van der Waals surface area contributed by atoms with E-state index >= 15 is 0 Å². The summed E-state index contributed by atoms with van der Waals surface area (Å²) in [5.74, 6) is 2.18. The number of hydrogen-bond donors (Lipinski definition) is 0. The summed E-state index contributed by atoms with van der Waals surface area (Å²) < 4.78 is 11.1. The van der Waals surface area contributed by atoms with Gasteiger partial charge in [0.05, 0.1) is 25.5 Å². The van der Waals surface area contributed by atoms with Gasteiger partial charge in [0, 0.05) is 13.1 Å². The van der Waals surface area contributed by atoms with Gasteiger partial charge in [0.15, 0.2) is 0 Å². The first-order valence-corrected chi connectivity index (χ1v) is 9.10. The average Bonchev–Trinajstić information content (AvgIpc) is 2.85. The third-order valence-corrected chi connectivity index (χ3v) is 5.24. The SMILES string of the molecule is COc1cccc(OC)c1C1SCC(=O)N1CC(C)(C)CN(C)C. The van der Waals surface area contributed by atoms with Crippen LogP contribution in [0.15, 0.2) is 18.2 Å². The van der Waals surface area contributed by atoms with Crippen LogP contribution in [0.3, 0.4) is 0 Å². The van der Waals surface area contributed by atoms with E-state index in [0.29, 0.717) is 12.3 Å². The van der Waals surface area contributed by atoms with E-state index in [2.05, 4.69) is 32.8 Å². The largest absolute Gasteiger partial charge is 0.496 e. The molecule has 134 valence electrons. The topological polar surface area (TPSA) is 42.0 Å². The summed E-state index contributed by atoms with van der Waals surface area (Å²) in [6.45, 7) is 6.00. The summed E-state index contributed by atoms with van der Waals surface area (Å²) in [5, 5.41) is -0.0787. The first-order chi connectivity index (χ1) is 11.3. The number of ether oxygens (including phenoxy) is 2. The third kappa shape index (κ3) is 4.16. The van der Waals surface area contributed by atoms with Gasteiger partial charge < -0.3 is 19.3 Å². The second-order valence-electron chi connectivity index (χ2n) is 7.16. The molecule has 1 aliphatic heterocycles. The molecule has 1 fully saturated rings. The Balaban J connectivity index is 2.34. The van der Waals surface area contributed by atoms with E-state index in [9.17, 15) is 4.79 Å². The molecule has 0 bridgehead atoms. The van der Waals surface area contributed by atoms with Gasteiger partial charge in [0.2, 0.25) is 5.91 Å². The monoisotopic (exact) mass is 352 g/mol. The second kappa shape index (κ2) is 7.66. The quantitative estimate of drug-likeness (QED) is 0.755. The average molecular weight is 353 g/mol. The molecule has 1 aromatic rings. The third-order valence-electron chi connectivity index (χ3n) is 4.02. The predicted octanol–water partition coefficient (Wildman–Crippen LogP) is 2.87. The lowest BCUT2D eigenvalue weighted by Gasteiger charge is -2.35. The van der Waals surface area contributed by atoms with E-state index < -0.39 is 0 Å². The van der Waals surface area contributed by atoms with Gasteiger partial charge in [-0.05, 0) is 31.6 Å². The van der Waals surface area contributed by atoms with Crippen molar-refractivity contribution in [3.05, 3.63) is 23.8 Å². The number of rotatable bonds is 7. The van der Waals surface area contributed by atoms with Crippen molar-refractivity contribution in [2.45, 2.75) is 19.2 Å².